The molecule has 22 heavy (non-hydrogen) atoms. The van der Waals surface area contributed by atoms with Gasteiger partial charge >= 0.3 is 0 Å². The number of aromatic nitrogens is 1. The first kappa shape index (κ1) is 16.0. The lowest BCUT2D eigenvalue weighted by molar-refractivity contribution is 0.0950. The normalized spacial score (nSPS) is 11.7. The molecular formula is C18H22N2O2. The number of nitrogens with zero attached hydrogens (tertiary/aromatic N) is 1. The molecule has 0 spiro atoms. The number of nitrogens with one attached hydrogen (secondary N) is 1. The van der Waals surface area contributed by atoms with Crippen molar-refractivity contribution < 1.29 is 9.53 Å². The lowest BCUT2D eigenvalue weighted by Gasteiger charge is -2.16. The minimum atomic E-state index is -0.0993. The Morgan fingerprint density at radius 3 is 2.68 bits per heavy atom. The van der Waals surface area contributed by atoms with Gasteiger partial charge in [-0.25, -0.2) is 4.98 Å². The van der Waals surface area contributed by atoms with Crippen LogP contribution in [0.4, 0.5) is 0 Å². The number of benzene rings is 1. The number of pyridine rings is 1. The molecule has 0 radical (unpaired) electrons. The predicted octanol–water partition coefficient (Wildman–Crippen LogP) is 3.40. The molecule has 0 saturated heterocycles. The van der Waals surface area contributed by atoms with Gasteiger partial charge in [-0.05, 0) is 25.0 Å². The highest BCUT2D eigenvalue weighted by Crippen LogP contribution is 2.18. The molecule has 4 nitrogen and oxygen atoms in total. The van der Waals surface area contributed by atoms with Crippen LogP contribution >= 0.6 is 0 Å². The molecule has 1 aromatic heterocycles. The highest BCUT2D eigenvalue weighted by Gasteiger charge is 2.12. The molecular weight excluding hydrogens is 276 g/mol. The molecule has 0 aliphatic carbocycles. The first-order valence-electron chi connectivity index (χ1n) is 7.66. The maximum absolute atomic E-state index is 12.3. The van der Waals surface area contributed by atoms with Crippen LogP contribution in [0.15, 0.2) is 48.7 Å². The van der Waals surface area contributed by atoms with Crippen molar-refractivity contribution in [2.24, 2.45) is 0 Å². The van der Waals surface area contributed by atoms with Crippen molar-refractivity contribution in [1.29, 1.82) is 0 Å². The molecule has 4 heteroatoms. The van der Waals surface area contributed by atoms with Crippen molar-refractivity contribution in [2.75, 3.05) is 13.2 Å². The lowest BCUT2D eigenvalue weighted by atomic mass is 9.96. The van der Waals surface area contributed by atoms with Gasteiger partial charge in [0, 0.05) is 30.3 Å². The van der Waals surface area contributed by atoms with Crippen LogP contribution in [-0.2, 0) is 0 Å². The average molecular weight is 298 g/mol. The van der Waals surface area contributed by atoms with E-state index in [4.69, 9.17) is 4.74 Å². The minimum absolute atomic E-state index is 0.0993. The van der Waals surface area contributed by atoms with Crippen molar-refractivity contribution in [3.63, 3.8) is 0 Å². The Labute approximate surface area is 131 Å². The molecule has 1 atom stereocenters. The van der Waals surface area contributed by atoms with E-state index in [0.717, 1.165) is 6.42 Å². The van der Waals surface area contributed by atoms with Gasteiger partial charge in [0.25, 0.3) is 5.91 Å². The highest BCUT2D eigenvalue weighted by molar-refractivity contribution is 5.94. The molecule has 0 aliphatic heterocycles. The van der Waals surface area contributed by atoms with Gasteiger partial charge < -0.3 is 10.1 Å². The Morgan fingerprint density at radius 1 is 1.23 bits per heavy atom. The Hall–Kier alpha value is -2.36. The fraction of sp³-hybridized carbons (Fsp3) is 0.333. The van der Waals surface area contributed by atoms with Crippen LogP contribution in [0.3, 0.4) is 0 Å². The minimum Gasteiger partial charge on any atom is -0.478 e. The summed E-state index contributed by atoms with van der Waals surface area (Å²) in [6.07, 6.45) is 2.57. The topological polar surface area (TPSA) is 51.2 Å². The van der Waals surface area contributed by atoms with Crippen LogP contribution in [-0.4, -0.2) is 24.0 Å². The molecule has 1 amide bonds. The second-order valence-electron chi connectivity index (χ2n) is 5.04. The summed E-state index contributed by atoms with van der Waals surface area (Å²) in [6, 6.07) is 13.6. The zero-order valence-corrected chi connectivity index (χ0v) is 13.1. The molecule has 0 fully saturated rings. The van der Waals surface area contributed by atoms with Crippen LogP contribution in [0, 0.1) is 0 Å². The van der Waals surface area contributed by atoms with Crippen LogP contribution in [0.2, 0.25) is 0 Å². The van der Waals surface area contributed by atoms with E-state index >= 15 is 0 Å². The van der Waals surface area contributed by atoms with Crippen molar-refractivity contribution in [2.45, 2.75) is 26.2 Å². The maximum atomic E-state index is 12.3. The van der Waals surface area contributed by atoms with Crippen LogP contribution in [0.1, 0.15) is 42.1 Å². The zero-order chi connectivity index (χ0) is 15.8. The summed E-state index contributed by atoms with van der Waals surface area (Å²) in [5.41, 5.74) is 1.82. The molecule has 2 aromatic rings. The number of amides is 1. The van der Waals surface area contributed by atoms with Crippen molar-refractivity contribution >= 4 is 5.91 Å². The van der Waals surface area contributed by atoms with Gasteiger partial charge in [-0.2, -0.15) is 0 Å². The van der Waals surface area contributed by atoms with Gasteiger partial charge in [-0.3, -0.25) is 4.79 Å². The summed E-state index contributed by atoms with van der Waals surface area (Å²) in [4.78, 5) is 16.3. The van der Waals surface area contributed by atoms with Crippen molar-refractivity contribution in [1.82, 2.24) is 10.3 Å². The summed E-state index contributed by atoms with van der Waals surface area (Å²) in [6.45, 7) is 5.17. The van der Waals surface area contributed by atoms with Crippen LogP contribution in [0.25, 0.3) is 0 Å². The number of hydrogen-bond acceptors (Lipinski definition) is 3. The van der Waals surface area contributed by atoms with E-state index in [1.807, 2.05) is 25.1 Å². The Balaban J connectivity index is 1.98. The number of ether oxygens (including phenoxy) is 1. The standard InChI is InChI=1S/C18H22N2O2/c1-3-14(15-8-6-5-7-9-15)13-20-18(21)16-10-11-19-17(12-16)22-4-2/h5-12,14H,3-4,13H2,1-2H3,(H,20,21). The second kappa shape index (κ2) is 8.17. The SMILES string of the molecule is CCOc1cc(C(=O)NCC(CC)c2ccccc2)ccn1. The van der Waals surface area contributed by atoms with Crippen LogP contribution < -0.4 is 10.1 Å². The van der Waals surface area contributed by atoms with E-state index in [-0.39, 0.29) is 5.91 Å². The molecule has 1 heterocycles. The monoisotopic (exact) mass is 298 g/mol. The molecule has 0 aliphatic rings. The highest BCUT2D eigenvalue weighted by atomic mass is 16.5. The smallest absolute Gasteiger partial charge is 0.251 e. The van der Waals surface area contributed by atoms with Gasteiger partial charge in [0.2, 0.25) is 5.88 Å². The molecule has 1 unspecified atom stereocenters. The Morgan fingerprint density at radius 2 is 2.00 bits per heavy atom. The lowest BCUT2D eigenvalue weighted by Crippen LogP contribution is -2.28. The largest absolute Gasteiger partial charge is 0.478 e. The summed E-state index contributed by atoms with van der Waals surface area (Å²) in [7, 11) is 0. The van der Waals surface area contributed by atoms with E-state index in [1.54, 1.807) is 18.3 Å². The first-order chi connectivity index (χ1) is 10.7. The first-order valence-corrected chi connectivity index (χ1v) is 7.66. The van der Waals surface area contributed by atoms with Gasteiger partial charge in [-0.15, -0.1) is 0 Å². The van der Waals surface area contributed by atoms with Gasteiger partial charge in [0.15, 0.2) is 0 Å². The number of carbonyl (C=O) groups is 1. The molecule has 1 N–H and O–H groups in total. The van der Waals surface area contributed by atoms with Gasteiger partial charge in [0.05, 0.1) is 6.61 Å². The number of rotatable bonds is 7. The average Bonchev–Trinajstić information content (AvgIpc) is 2.57. The number of carbonyl (C=O) groups excluding carboxylic acids is 1. The van der Waals surface area contributed by atoms with Crippen LogP contribution in [0.5, 0.6) is 5.88 Å². The fourth-order valence-electron chi connectivity index (χ4n) is 2.32. The summed E-state index contributed by atoms with van der Waals surface area (Å²) in [5, 5.41) is 3.00. The quantitative estimate of drug-likeness (QED) is 0.852. The van der Waals surface area contributed by atoms with E-state index in [9.17, 15) is 4.79 Å². The molecule has 2 rings (SSSR count). The summed E-state index contributed by atoms with van der Waals surface area (Å²) < 4.78 is 5.32. The zero-order valence-electron chi connectivity index (χ0n) is 13.1. The third-order valence-corrected chi connectivity index (χ3v) is 3.56. The summed E-state index contributed by atoms with van der Waals surface area (Å²) >= 11 is 0. The van der Waals surface area contributed by atoms with E-state index in [1.165, 1.54) is 5.56 Å². The predicted molar refractivity (Wildman–Crippen MR) is 87.2 cm³/mol. The van der Waals surface area contributed by atoms with Gasteiger partial charge in [0.1, 0.15) is 0 Å². The molecule has 0 saturated carbocycles. The number of hydrogen-bond donors (Lipinski definition) is 1. The van der Waals surface area contributed by atoms with E-state index < -0.39 is 0 Å². The molecule has 1 aromatic carbocycles. The second-order valence-corrected chi connectivity index (χ2v) is 5.04. The third kappa shape index (κ3) is 4.32. The van der Waals surface area contributed by atoms with Crippen molar-refractivity contribution in [3.8, 4) is 5.88 Å². The molecule has 116 valence electrons. The summed E-state index contributed by atoms with van der Waals surface area (Å²) in [5.74, 6) is 0.696. The molecule has 0 bridgehead atoms. The Kier molecular flexibility index (Phi) is 5.95. The fourth-order valence-corrected chi connectivity index (χ4v) is 2.32. The van der Waals surface area contributed by atoms with Crippen molar-refractivity contribution in [3.05, 3.63) is 59.8 Å². The van der Waals surface area contributed by atoms with E-state index in [2.05, 4.69) is 29.4 Å². The maximum Gasteiger partial charge on any atom is 0.251 e. The van der Waals surface area contributed by atoms with Gasteiger partial charge in [-0.1, -0.05) is 37.3 Å². The third-order valence-electron chi connectivity index (χ3n) is 3.56. The van der Waals surface area contributed by atoms with E-state index in [0.29, 0.717) is 30.5 Å². The Bertz CT molecular complexity index is 599.